The molecule has 2 unspecified atom stereocenters. The summed E-state index contributed by atoms with van der Waals surface area (Å²) >= 11 is 0. The van der Waals surface area contributed by atoms with E-state index in [9.17, 15) is 8.78 Å². The molecule has 0 bridgehead atoms. The maximum absolute atomic E-state index is 16.5. The average molecular weight is 668 g/mol. The number of nitrogens with zero attached hydrogens (tertiary/aromatic N) is 5. The molecule has 3 aliphatic heterocycles. The summed E-state index contributed by atoms with van der Waals surface area (Å²) < 4.78 is 55.2. The van der Waals surface area contributed by atoms with Gasteiger partial charge in [-0.25, -0.2) is 18.2 Å². The summed E-state index contributed by atoms with van der Waals surface area (Å²) in [4.78, 5) is 18.1. The Labute approximate surface area is 284 Å². The Hall–Kier alpha value is -3.66. The number of hydrogen-bond donors (Lipinski definition) is 0. The quantitative estimate of drug-likeness (QED) is 0.237. The maximum atomic E-state index is 16.5. The molecule has 0 N–H and O–H groups in total. The number of anilines is 1. The van der Waals surface area contributed by atoms with Crippen molar-refractivity contribution in [3.63, 3.8) is 0 Å². The van der Waals surface area contributed by atoms with E-state index in [0.29, 0.717) is 53.5 Å². The minimum atomic E-state index is -0.633. The summed E-state index contributed by atoms with van der Waals surface area (Å²) in [5.41, 5.74) is 3.24. The Morgan fingerprint density at radius 1 is 1.06 bits per heavy atom. The highest BCUT2D eigenvalue weighted by atomic mass is 19.1. The smallest absolute Gasteiger partial charge is 0.318 e. The van der Waals surface area contributed by atoms with E-state index in [2.05, 4.69) is 26.3 Å². The maximum Gasteiger partial charge on any atom is 0.318 e. The van der Waals surface area contributed by atoms with E-state index in [-0.39, 0.29) is 28.9 Å². The fraction of sp³-hybridized carbons (Fsp3) is 0.553. The summed E-state index contributed by atoms with van der Waals surface area (Å²) in [6.07, 6.45) is 8.09. The van der Waals surface area contributed by atoms with Gasteiger partial charge in [-0.05, 0) is 101 Å². The first-order valence-corrected chi connectivity index (χ1v) is 17.5. The SMILES string of the molecule is C=Cc1cc(C)c(/C(CC)=C(\C)F)c(-c2nc(OCC)c3c(N4CCCCC4)nc(OC)nc3c2F)c1.CC.FC1CC2CCCN2C1. The van der Waals surface area contributed by atoms with Crippen molar-refractivity contribution in [3.05, 3.63) is 47.0 Å². The van der Waals surface area contributed by atoms with Crippen LogP contribution in [0.4, 0.5) is 19.0 Å². The van der Waals surface area contributed by atoms with E-state index in [1.807, 2.05) is 40.7 Å². The average Bonchev–Trinajstić information content (AvgIpc) is 3.69. The Bertz CT molecular complexity index is 1590. The molecule has 10 heteroatoms. The van der Waals surface area contributed by atoms with Gasteiger partial charge in [-0.2, -0.15) is 9.97 Å². The lowest BCUT2D eigenvalue weighted by atomic mass is 9.89. The van der Waals surface area contributed by atoms with Crippen molar-refractivity contribution in [3.8, 4) is 23.1 Å². The third-order valence-electron chi connectivity index (χ3n) is 9.21. The van der Waals surface area contributed by atoms with Crippen molar-refractivity contribution in [2.24, 2.45) is 0 Å². The van der Waals surface area contributed by atoms with Gasteiger partial charge in [-0.15, -0.1) is 0 Å². The van der Waals surface area contributed by atoms with Gasteiger partial charge >= 0.3 is 6.01 Å². The van der Waals surface area contributed by atoms with Gasteiger partial charge in [0.05, 0.1) is 13.7 Å². The first kappa shape index (κ1) is 37.2. The van der Waals surface area contributed by atoms with Gasteiger partial charge < -0.3 is 14.4 Å². The highest BCUT2D eigenvalue weighted by Gasteiger charge is 2.35. The predicted molar refractivity (Wildman–Crippen MR) is 191 cm³/mol. The van der Waals surface area contributed by atoms with Crippen molar-refractivity contribution in [2.45, 2.75) is 98.7 Å². The number of aryl methyl sites for hydroxylation is 1. The van der Waals surface area contributed by atoms with Gasteiger partial charge in [-0.3, -0.25) is 4.90 Å². The van der Waals surface area contributed by atoms with Gasteiger partial charge in [-0.1, -0.05) is 39.5 Å². The fourth-order valence-electron chi connectivity index (χ4n) is 7.09. The van der Waals surface area contributed by atoms with Crippen LogP contribution in [-0.2, 0) is 0 Å². The largest absolute Gasteiger partial charge is 0.477 e. The summed E-state index contributed by atoms with van der Waals surface area (Å²) in [7, 11) is 1.46. The van der Waals surface area contributed by atoms with Gasteiger partial charge in [0.1, 0.15) is 34.4 Å². The fourth-order valence-corrected chi connectivity index (χ4v) is 7.09. The van der Waals surface area contributed by atoms with E-state index in [1.165, 1.54) is 26.9 Å². The van der Waals surface area contributed by atoms with Crippen molar-refractivity contribution in [2.75, 3.05) is 44.8 Å². The standard InChI is InChI=1S/C29H34F2N4O2.C7H12FN.C2H6/c1-7-19-15-17(4)22(20(8-2)18(5)30)21(16-19)25-24(31)26-23(28(32-25)37-9-3)27(34-29(33-26)36-6)35-13-11-10-12-14-35;8-6-4-7-2-1-3-9(7)5-6;1-2/h7,15-16H,1,8-14H2,2-6H3;6-7H,1-5H2;1-2H3/b20-18+;;. The molecule has 0 amide bonds. The van der Waals surface area contributed by atoms with Crippen LogP contribution in [0, 0.1) is 12.7 Å². The summed E-state index contributed by atoms with van der Waals surface area (Å²) in [5, 5.41) is 0.414. The van der Waals surface area contributed by atoms with Crippen LogP contribution in [-0.4, -0.2) is 72.0 Å². The zero-order chi connectivity index (χ0) is 35.0. The number of methoxy groups -OCH3 is 1. The van der Waals surface area contributed by atoms with E-state index in [0.717, 1.165) is 56.4 Å². The first-order valence-electron chi connectivity index (χ1n) is 17.5. The van der Waals surface area contributed by atoms with Crippen LogP contribution in [0.15, 0.2) is 24.5 Å². The molecule has 262 valence electrons. The van der Waals surface area contributed by atoms with E-state index >= 15 is 4.39 Å². The number of fused-ring (bicyclic) bond motifs is 2. The number of rotatable bonds is 8. The molecular formula is C38H52F3N5O2. The molecule has 3 fully saturated rings. The van der Waals surface area contributed by atoms with Crippen LogP contribution in [0.3, 0.4) is 0 Å². The number of benzene rings is 1. The van der Waals surface area contributed by atoms with E-state index in [1.54, 1.807) is 12.1 Å². The third kappa shape index (κ3) is 7.96. The van der Waals surface area contributed by atoms with Gasteiger partial charge in [0.25, 0.3) is 0 Å². The molecule has 2 atom stereocenters. The molecule has 2 aromatic heterocycles. The normalized spacial score (nSPS) is 19.5. The van der Waals surface area contributed by atoms with Crippen LogP contribution >= 0.6 is 0 Å². The van der Waals surface area contributed by atoms with Crippen molar-refractivity contribution in [1.29, 1.82) is 0 Å². The molecule has 3 aromatic rings. The minimum absolute atomic E-state index is 0.0373. The lowest BCUT2D eigenvalue weighted by Crippen LogP contribution is -2.30. The Kier molecular flexibility index (Phi) is 13.3. The number of ether oxygens (including phenoxy) is 2. The molecule has 0 saturated carbocycles. The Balaban J connectivity index is 0.000000399. The topological polar surface area (TPSA) is 63.6 Å². The molecule has 7 nitrogen and oxygen atoms in total. The van der Waals surface area contributed by atoms with Crippen LogP contribution in [0.2, 0.25) is 0 Å². The molecule has 6 rings (SSSR count). The highest BCUT2D eigenvalue weighted by Crippen LogP contribution is 2.42. The van der Waals surface area contributed by atoms with Crippen molar-refractivity contribution >= 4 is 28.4 Å². The predicted octanol–water partition coefficient (Wildman–Crippen LogP) is 9.51. The molecule has 3 saturated heterocycles. The third-order valence-corrected chi connectivity index (χ3v) is 9.21. The van der Waals surface area contributed by atoms with E-state index in [4.69, 9.17) is 14.5 Å². The number of allylic oxidation sites excluding steroid dienone is 2. The second-order valence-corrected chi connectivity index (χ2v) is 12.3. The first-order chi connectivity index (χ1) is 23.2. The van der Waals surface area contributed by atoms with Crippen LogP contribution in [0.1, 0.15) is 96.3 Å². The molecule has 48 heavy (non-hydrogen) atoms. The minimum Gasteiger partial charge on any atom is -0.477 e. The zero-order valence-electron chi connectivity index (χ0n) is 29.8. The molecule has 5 heterocycles. The van der Waals surface area contributed by atoms with Crippen LogP contribution < -0.4 is 14.4 Å². The Morgan fingerprint density at radius 2 is 1.79 bits per heavy atom. The number of hydrogen-bond acceptors (Lipinski definition) is 7. The zero-order valence-corrected chi connectivity index (χ0v) is 29.8. The lowest BCUT2D eigenvalue weighted by molar-refractivity contribution is 0.292. The van der Waals surface area contributed by atoms with Crippen molar-refractivity contribution in [1.82, 2.24) is 19.9 Å². The van der Waals surface area contributed by atoms with Crippen molar-refractivity contribution < 1.29 is 22.6 Å². The number of alkyl halides is 1. The highest BCUT2D eigenvalue weighted by molar-refractivity contribution is 5.98. The van der Waals surface area contributed by atoms with Crippen LogP contribution in [0.25, 0.3) is 33.8 Å². The van der Waals surface area contributed by atoms with Gasteiger partial charge in [0.15, 0.2) is 5.82 Å². The second kappa shape index (κ2) is 17.1. The van der Waals surface area contributed by atoms with Gasteiger partial charge in [0.2, 0.25) is 5.88 Å². The monoisotopic (exact) mass is 667 g/mol. The molecule has 0 spiro atoms. The molecule has 3 aliphatic rings. The molecular weight excluding hydrogens is 615 g/mol. The molecule has 1 aromatic carbocycles. The lowest BCUT2D eigenvalue weighted by Gasteiger charge is -2.29. The molecule has 0 aliphatic carbocycles. The number of halogens is 3. The summed E-state index contributed by atoms with van der Waals surface area (Å²) in [6.45, 7) is 18.6. The Morgan fingerprint density at radius 3 is 2.40 bits per heavy atom. The van der Waals surface area contributed by atoms with Crippen LogP contribution in [0.5, 0.6) is 11.9 Å². The summed E-state index contributed by atoms with van der Waals surface area (Å²) in [6, 6.07) is 4.37. The number of pyridine rings is 1. The second-order valence-electron chi connectivity index (χ2n) is 12.3. The summed E-state index contributed by atoms with van der Waals surface area (Å²) in [5.74, 6) is -0.163. The number of piperidine rings is 1. The van der Waals surface area contributed by atoms with E-state index < -0.39 is 12.0 Å². The van der Waals surface area contributed by atoms with Gasteiger partial charge in [0, 0.05) is 31.2 Å². The number of aromatic nitrogens is 3. The molecule has 0 radical (unpaired) electrons.